The molecule has 0 atom stereocenters. The molecule has 0 aliphatic heterocycles. The largest absolute Gasteiger partial charge is 0.326 e. The number of nitrogens with one attached hydrogen (secondary N) is 1. The summed E-state index contributed by atoms with van der Waals surface area (Å²) in [6.45, 7) is 2.01. The number of anilines is 1. The Labute approximate surface area is 143 Å². The highest BCUT2D eigenvalue weighted by molar-refractivity contribution is 7.89. The minimum atomic E-state index is -3.51. The number of carbonyl (C=O) groups is 1. The van der Waals surface area contributed by atoms with Crippen LogP contribution in [0.25, 0.3) is 0 Å². The van der Waals surface area contributed by atoms with Gasteiger partial charge in [0.15, 0.2) is 0 Å². The van der Waals surface area contributed by atoms with Crippen molar-refractivity contribution in [2.45, 2.75) is 24.7 Å². The molecule has 0 fully saturated rings. The summed E-state index contributed by atoms with van der Waals surface area (Å²) in [6, 6.07) is 14.3. The third-order valence-corrected chi connectivity index (χ3v) is 5.43. The molecular formula is C18H22N2O3S. The summed E-state index contributed by atoms with van der Waals surface area (Å²) in [5.41, 5.74) is 2.75. The number of amides is 1. The number of hydrogen-bond donors (Lipinski definition) is 1. The fourth-order valence-electron chi connectivity index (χ4n) is 2.29. The van der Waals surface area contributed by atoms with Crippen LogP contribution in [0.5, 0.6) is 0 Å². The topological polar surface area (TPSA) is 66.5 Å². The van der Waals surface area contributed by atoms with Crippen LogP contribution in [0.3, 0.4) is 0 Å². The first kappa shape index (κ1) is 18.2. The highest BCUT2D eigenvalue weighted by Crippen LogP contribution is 2.18. The van der Waals surface area contributed by atoms with Crippen molar-refractivity contribution in [3.8, 4) is 0 Å². The monoisotopic (exact) mass is 346 g/mol. The van der Waals surface area contributed by atoms with E-state index in [4.69, 9.17) is 0 Å². The van der Waals surface area contributed by atoms with Crippen LogP contribution in [0.4, 0.5) is 5.69 Å². The fraction of sp³-hybridized carbons (Fsp3) is 0.278. The molecule has 0 heterocycles. The van der Waals surface area contributed by atoms with Gasteiger partial charge >= 0.3 is 0 Å². The molecule has 2 rings (SSSR count). The van der Waals surface area contributed by atoms with Crippen LogP contribution < -0.4 is 5.32 Å². The number of nitrogens with zero attached hydrogens (tertiary/aromatic N) is 1. The van der Waals surface area contributed by atoms with Crippen LogP contribution in [0.15, 0.2) is 53.4 Å². The quantitative estimate of drug-likeness (QED) is 0.875. The molecule has 2 aromatic carbocycles. The fourth-order valence-corrected chi connectivity index (χ4v) is 3.24. The standard InChI is InChI=1S/C18H22N2O3S/c1-14-6-4-7-15(12-14)10-11-18(21)19-16-8-5-9-17(13-16)24(22,23)20(2)3/h4-9,12-13H,10-11H2,1-3H3,(H,19,21). The van der Waals surface area contributed by atoms with Gasteiger partial charge in [-0.25, -0.2) is 12.7 Å². The predicted molar refractivity (Wildman–Crippen MR) is 95.4 cm³/mol. The maximum Gasteiger partial charge on any atom is 0.242 e. The van der Waals surface area contributed by atoms with Gasteiger partial charge in [0.2, 0.25) is 15.9 Å². The van der Waals surface area contributed by atoms with Gasteiger partial charge in [-0.15, -0.1) is 0 Å². The molecule has 0 radical (unpaired) electrons. The smallest absolute Gasteiger partial charge is 0.242 e. The zero-order chi connectivity index (χ0) is 17.7. The van der Waals surface area contributed by atoms with E-state index in [9.17, 15) is 13.2 Å². The minimum absolute atomic E-state index is 0.143. The molecule has 1 amide bonds. The Morgan fingerprint density at radius 1 is 1.08 bits per heavy atom. The molecule has 0 spiro atoms. The highest BCUT2D eigenvalue weighted by atomic mass is 32.2. The van der Waals surface area contributed by atoms with Gasteiger partial charge in [0, 0.05) is 26.2 Å². The molecule has 0 saturated heterocycles. The molecule has 0 saturated carbocycles. The lowest BCUT2D eigenvalue weighted by Gasteiger charge is -2.12. The lowest BCUT2D eigenvalue weighted by Crippen LogP contribution is -2.22. The second-order valence-electron chi connectivity index (χ2n) is 5.85. The first-order valence-electron chi connectivity index (χ1n) is 7.67. The molecule has 5 nitrogen and oxygen atoms in total. The average Bonchev–Trinajstić information content (AvgIpc) is 2.53. The van der Waals surface area contributed by atoms with Gasteiger partial charge < -0.3 is 5.32 Å². The highest BCUT2D eigenvalue weighted by Gasteiger charge is 2.17. The van der Waals surface area contributed by atoms with E-state index in [0.717, 1.165) is 15.4 Å². The van der Waals surface area contributed by atoms with Crippen LogP contribution in [-0.2, 0) is 21.2 Å². The van der Waals surface area contributed by atoms with Crippen LogP contribution in [0, 0.1) is 6.92 Å². The maximum absolute atomic E-state index is 12.1. The van der Waals surface area contributed by atoms with Crippen molar-refractivity contribution >= 4 is 21.6 Å². The van der Waals surface area contributed by atoms with E-state index in [1.54, 1.807) is 12.1 Å². The summed E-state index contributed by atoms with van der Waals surface area (Å²) < 4.78 is 25.4. The van der Waals surface area contributed by atoms with E-state index < -0.39 is 10.0 Å². The van der Waals surface area contributed by atoms with E-state index in [2.05, 4.69) is 11.4 Å². The molecule has 128 valence electrons. The van der Waals surface area contributed by atoms with Gasteiger partial charge in [-0.3, -0.25) is 4.79 Å². The summed E-state index contributed by atoms with van der Waals surface area (Å²) in [5, 5.41) is 2.76. The van der Waals surface area contributed by atoms with Crippen molar-refractivity contribution in [1.29, 1.82) is 0 Å². The van der Waals surface area contributed by atoms with Gasteiger partial charge in [-0.05, 0) is 37.1 Å². The van der Waals surface area contributed by atoms with Crippen LogP contribution in [-0.4, -0.2) is 32.7 Å². The van der Waals surface area contributed by atoms with Crippen molar-refractivity contribution < 1.29 is 13.2 Å². The summed E-state index contributed by atoms with van der Waals surface area (Å²) in [6.07, 6.45) is 0.983. The number of benzene rings is 2. The number of hydrogen-bond acceptors (Lipinski definition) is 3. The zero-order valence-electron chi connectivity index (χ0n) is 14.1. The first-order valence-corrected chi connectivity index (χ1v) is 9.11. The van der Waals surface area contributed by atoms with E-state index >= 15 is 0 Å². The Bertz CT molecular complexity index is 830. The normalized spacial score (nSPS) is 11.5. The summed E-state index contributed by atoms with van der Waals surface area (Å²) >= 11 is 0. The predicted octanol–water partition coefficient (Wildman–Crippen LogP) is 2.82. The molecular weight excluding hydrogens is 324 g/mol. The second kappa shape index (κ2) is 7.59. The van der Waals surface area contributed by atoms with Gasteiger partial charge in [0.1, 0.15) is 0 Å². The van der Waals surface area contributed by atoms with Crippen molar-refractivity contribution in [3.05, 3.63) is 59.7 Å². The van der Waals surface area contributed by atoms with Crippen molar-refractivity contribution in [3.63, 3.8) is 0 Å². The van der Waals surface area contributed by atoms with E-state index in [1.165, 1.54) is 26.2 Å². The Balaban J connectivity index is 2.02. The van der Waals surface area contributed by atoms with Gasteiger partial charge in [-0.1, -0.05) is 35.9 Å². The Morgan fingerprint density at radius 2 is 1.79 bits per heavy atom. The number of sulfonamides is 1. The average molecular weight is 346 g/mol. The molecule has 6 heteroatoms. The first-order chi connectivity index (χ1) is 11.3. The molecule has 1 N–H and O–H groups in total. The van der Waals surface area contributed by atoms with Crippen molar-refractivity contribution in [1.82, 2.24) is 4.31 Å². The van der Waals surface area contributed by atoms with Crippen LogP contribution in [0.1, 0.15) is 17.5 Å². The third kappa shape index (κ3) is 4.66. The van der Waals surface area contributed by atoms with E-state index in [1.807, 2.05) is 25.1 Å². The summed E-state index contributed by atoms with van der Waals surface area (Å²) in [7, 11) is -0.564. The van der Waals surface area contributed by atoms with Gasteiger partial charge in [-0.2, -0.15) is 0 Å². The number of rotatable bonds is 6. The molecule has 0 unspecified atom stereocenters. The Hall–Kier alpha value is -2.18. The molecule has 2 aromatic rings. The summed E-state index contributed by atoms with van der Waals surface area (Å²) in [4.78, 5) is 12.3. The van der Waals surface area contributed by atoms with Crippen molar-refractivity contribution in [2.24, 2.45) is 0 Å². The lowest BCUT2D eigenvalue weighted by molar-refractivity contribution is -0.116. The minimum Gasteiger partial charge on any atom is -0.326 e. The van der Waals surface area contributed by atoms with Crippen LogP contribution >= 0.6 is 0 Å². The molecule has 24 heavy (non-hydrogen) atoms. The van der Waals surface area contributed by atoms with Crippen LogP contribution in [0.2, 0.25) is 0 Å². The summed E-state index contributed by atoms with van der Waals surface area (Å²) in [5.74, 6) is -0.143. The Morgan fingerprint density at radius 3 is 2.46 bits per heavy atom. The van der Waals surface area contributed by atoms with Crippen molar-refractivity contribution in [2.75, 3.05) is 19.4 Å². The molecule has 0 aromatic heterocycles. The SMILES string of the molecule is Cc1cccc(CCC(=O)Nc2cccc(S(=O)(=O)N(C)C)c2)c1. The molecule has 0 aliphatic carbocycles. The van der Waals surface area contributed by atoms with E-state index in [-0.39, 0.29) is 10.8 Å². The Kier molecular flexibility index (Phi) is 5.75. The molecule has 0 aliphatic rings. The lowest BCUT2D eigenvalue weighted by atomic mass is 10.1. The number of aryl methyl sites for hydroxylation is 2. The zero-order valence-corrected chi connectivity index (χ0v) is 14.9. The van der Waals surface area contributed by atoms with Gasteiger partial charge in [0.05, 0.1) is 4.90 Å². The maximum atomic E-state index is 12.1. The third-order valence-electron chi connectivity index (χ3n) is 3.62. The second-order valence-corrected chi connectivity index (χ2v) is 8.00. The number of carbonyl (C=O) groups excluding carboxylic acids is 1. The molecule has 0 bridgehead atoms. The van der Waals surface area contributed by atoms with Gasteiger partial charge in [0.25, 0.3) is 0 Å². The van der Waals surface area contributed by atoms with E-state index in [0.29, 0.717) is 18.5 Å².